The fourth-order valence-electron chi connectivity index (χ4n) is 0.352. The largest absolute Gasteiger partial charge is 0.493 e. The van der Waals surface area contributed by atoms with Gasteiger partial charge in [0, 0.05) is 0 Å². The third kappa shape index (κ3) is 3.08. The maximum Gasteiger partial charge on any atom is 0.222 e. The molecule has 0 atom stereocenters. The van der Waals surface area contributed by atoms with Crippen LogP contribution in [0.5, 0.6) is 5.88 Å². The lowest BCUT2D eigenvalue weighted by atomic mass is 10.8. The molecule has 0 aliphatic rings. The highest BCUT2D eigenvalue weighted by Gasteiger charge is 1.88. The maximum atomic E-state index is 8.55. The third-order valence-corrected chi connectivity index (χ3v) is 1.37. The Labute approximate surface area is 59.2 Å². The Balaban J connectivity index is 0.000000291. The van der Waals surface area contributed by atoms with Gasteiger partial charge in [-0.2, -0.15) is 0 Å². The summed E-state index contributed by atoms with van der Waals surface area (Å²) in [5.41, 5.74) is 0. The first-order valence-corrected chi connectivity index (χ1v) is 3.78. The van der Waals surface area contributed by atoms with Crippen molar-refractivity contribution in [2.24, 2.45) is 0 Å². The van der Waals surface area contributed by atoms with E-state index in [1.807, 2.05) is 20.8 Å². The Morgan fingerprint density at radius 2 is 2.11 bits per heavy atom. The zero-order chi connectivity index (χ0) is 7.28. The van der Waals surface area contributed by atoms with Crippen LogP contribution >= 0.6 is 11.3 Å². The van der Waals surface area contributed by atoms with Gasteiger partial charge in [0.05, 0.1) is 10.4 Å². The highest BCUT2D eigenvalue weighted by Crippen LogP contribution is 2.11. The van der Waals surface area contributed by atoms with Crippen LogP contribution in [-0.2, 0) is 0 Å². The second-order valence-electron chi connectivity index (χ2n) is 1.22. The Morgan fingerprint density at radius 1 is 1.56 bits per heavy atom. The molecule has 52 valence electrons. The number of aryl methyl sites for hydroxylation is 1. The van der Waals surface area contributed by atoms with E-state index in [2.05, 4.69) is 4.98 Å². The normalized spacial score (nSPS) is 7.89. The minimum atomic E-state index is 0.127. The van der Waals surface area contributed by atoms with Crippen molar-refractivity contribution in [3.8, 4) is 5.88 Å². The zero-order valence-electron chi connectivity index (χ0n) is 5.88. The number of hydrogen-bond acceptors (Lipinski definition) is 3. The highest BCUT2D eigenvalue weighted by molar-refractivity contribution is 7.09. The SMILES string of the molecule is CC.Cc1nc(O)cs1. The summed E-state index contributed by atoms with van der Waals surface area (Å²) < 4.78 is 0. The van der Waals surface area contributed by atoms with E-state index in [9.17, 15) is 0 Å². The molecule has 0 spiro atoms. The number of thiazole rings is 1. The smallest absolute Gasteiger partial charge is 0.222 e. The summed E-state index contributed by atoms with van der Waals surface area (Å²) in [6, 6.07) is 0. The average molecular weight is 145 g/mol. The standard InChI is InChI=1S/C4H5NOS.C2H6/c1-3-5-4(6)2-7-3;1-2/h2,6H,1H3;1-2H3. The predicted octanol–water partition coefficient (Wildman–Crippen LogP) is 2.18. The van der Waals surface area contributed by atoms with Crippen molar-refractivity contribution in [1.82, 2.24) is 4.98 Å². The van der Waals surface area contributed by atoms with Crippen molar-refractivity contribution >= 4 is 11.3 Å². The quantitative estimate of drug-likeness (QED) is 0.607. The Hall–Kier alpha value is -0.570. The van der Waals surface area contributed by atoms with Crippen molar-refractivity contribution < 1.29 is 5.11 Å². The number of hydrogen-bond donors (Lipinski definition) is 1. The maximum absolute atomic E-state index is 8.55. The molecule has 0 aliphatic heterocycles. The van der Waals surface area contributed by atoms with Crippen LogP contribution in [0.2, 0.25) is 0 Å². The summed E-state index contributed by atoms with van der Waals surface area (Å²) in [4.78, 5) is 3.69. The highest BCUT2D eigenvalue weighted by atomic mass is 32.1. The van der Waals surface area contributed by atoms with E-state index in [1.54, 1.807) is 5.38 Å². The molecule has 0 unspecified atom stereocenters. The van der Waals surface area contributed by atoms with Crippen LogP contribution in [0.1, 0.15) is 18.9 Å². The summed E-state index contributed by atoms with van der Waals surface area (Å²) >= 11 is 1.44. The van der Waals surface area contributed by atoms with Crippen LogP contribution < -0.4 is 0 Å². The molecule has 1 aromatic rings. The van der Waals surface area contributed by atoms with Gasteiger partial charge in [-0.15, -0.1) is 11.3 Å². The van der Waals surface area contributed by atoms with Crippen LogP contribution in [0.25, 0.3) is 0 Å². The van der Waals surface area contributed by atoms with Crippen LogP contribution in [0.3, 0.4) is 0 Å². The molecule has 9 heavy (non-hydrogen) atoms. The second kappa shape index (κ2) is 4.32. The molecule has 0 saturated carbocycles. The van der Waals surface area contributed by atoms with Gasteiger partial charge in [-0.3, -0.25) is 0 Å². The monoisotopic (exact) mass is 145 g/mol. The summed E-state index contributed by atoms with van der Waals surface area (Å²) in [6.45, 7) is 5.85. The third-order valence-electron chi connectivity index (χ3n) is 0.607. The molecule has 1 N–H and O–H groups in total. The Morgan fingerprint density at radius 3 is 2.22 bits per heavy atom. The summed E-state index contributed by atoms with van der Waals surface area (Å²) in [7, 11) is 0. The molecular formula is C6H11NOS. The van der Waals surface area contributed by atoms with Crippen molar-refractivity contribution in [3.05, 3.63) is 10.4 Å². The lowest BCUT2D eigenvalue weighted by Crippen LogP contribution is -1.61. The summed E-state index contributed by atoms with van der Waals surface area (Å²) in [5, 5.41) is 11.1. The van der Waals surface area contributed by atoms with Crippen LogP contribution in [0.15, 0.2) is 5.38 Å². The molecule has 0 bridgehead atoms. The van der Waals surface area contributed by atoms with Gasteiger partial charge in [0.25, 0.3) is 0 Å². The summed E-state index contributed by atoms with van der Waals surface area (Å²) in [6.07, 6.45) is 0. The van der Waals surface area contributed by atoms with E-state index in [1.165, 1.54) is 11.3 Å². The van der Waals surface area contributed by atoms with Crippen LogP contribution in [0.4, 0.5) is 0 Å². The van der Waals surface area contributed by atoms with E-state index in [0.717, 1.165) is 5.01 Å². The van der Waals surface area contributed by atoms with E-state index in [-0.39, 0.29) is 5.88 Å². The van der Waals surface area contributed by atoms with Gasteiger partial charge >= 0.3 is 0 Å². The van der Waals surface area contributed by atoms with Gasteiger partial charge in [0.1, 0.15) is 0 Å². The van der Waals surface area contributed by atoms with Gasteiger partial charge in [-0.1, -0.05) is 13.8 Å². The van der Waals surface area contributed by atoms with Gasteiger partial charge < -0.3 is 5.11 Å². The molecule has 2 nitrogen and oxygen atoms in total. The predicted molar refractivity (Wildman–Crippen MR) is 39.9 cm³/mol. The minimum Gasteiger partial charge on any atom is -0.493 e. The van der Waals surface area contributed by atoms with E-state index in [0.29, 0.717) is 0 Å². The van der Waals surface area contributed by atoms with Crippen molar-refractivity contribution in [1.29, 1.82) is 0 Å². The van der Waals surface area contributed by atoms with Gasteiger partial charge in [0.2, 0.25) is 5.88 Å². The van der Waals surface area contributed by atoms with Gasteiger partial charge in [-0.25, -0.2) is 4.98 Å². The molecule has 0 saturated heterocycles. The summed E-state index contributed by atoms with van der Waals surface area (Å²) in [5.74, 6) is 0.127. The molecule has 0 aromatic carbocycles. The van der Waals surface area contributed by atoms with Crippen LogP contribution in [-0.4, -0.2) is 10.1 Å². The van der Waals surface area contributed by atoms with E-state index in [4.69, 9.17) is 5.11 Å². The second-order valence-corrected chi connectivity index (χ2v) is 2.29. The molecule has 0 amide bonds. The number of rotatable bonds is 0. The fraction of sp³-hybridized carbons (Fsp3) is 0.500. The average Bonchev–Trinajstić information content (AvgIpc) is 2.20. The minimum absolute atomic E-state index is 0.127. The molecule has 0 fully saturated rings. The first kappa shape index (κ1) is 8.43. The van der Waals surface area contributed by atoms with E-state index >= 15 is 0 Å². The number of aromatic nitrogens is 1. The van der Waals surface area contributed by atoms with Gasteiger partial charge in [-0.05, 0) is 6.92 Å². The zero-order valence-corrected chi connectivity index (χ0v) is 6.70. The lowest BCUT2D eigenvalue weighted by molar-refractivity contribution is 0.456. The molecule has 1 heterocycles. The molecule has 1 rings (SSSR count). The lowest BCUT2D eigenvalue weighted by Gasteiger charge is -1.71. The number of nitrogens with zero attached hydrogens (tertiary/aromatic N) is 1. The van der Waals surface area contributed by atoms with Crippen molar-refractivity contribution in [2.75, 3.05) is 0 Å². The fourth-order valence-corrected chi connectivity index (χ4v) is 0.827. The van der Waals surface area contributed by atoms with E-state index < -0.39 is 0 Å². The Bertz CT molecular complexity index is 145. The first-order valence-electron chi connectivity index (χ1n) is 2.90. The Kier molecular flexibility index (Phi) is 4.05. The van der Waals surface area contributed by atoms with Crippen molar-refractivity contribution in [3.63, 3.8) is 0 Å². The molecular weight excluding hydrogens is 134 g/mol. The first-order chi connectivity index (χ1) is 4.29. The van der Waals surface area contributed by atoms with Crippen molar-refractivity contribution in [2.45, 2.75) is 20.8 Å². The topological polar surface area (TPSA) is 33.1 Å². The number of aromatic hydroxyl groups is 1. The van der Waals surface area contributed by atoms with Crippen LogP contribution in [0, 0.1) is 6.92 Å². The molecule has 3 heteroatoms. The molecule has 0 radical (unpaired) electrons. The molecule has 0 aliphatic carbocycles. The van der Waals surface area contributed by atoms with Gasteiger partial charge in [0.15, 0.2) is 0 Å². The molecule has 1 aromatic heterocycles.